The molecule has 0 spiro atoms. The molecule has 1 amide bonds. The van der Waals surface area contributed by atoms with Crippen molar-refractivity contribution in [3.05, 3.63) is 17.2 Å². The number of aliphatic hydroxyl groups is 1. The van der Waals surface area contributed by atoms with Crippen LogP contribution in [0.25, 0.3) is 5.52 Å². The quantitative estimate of drug-likeness (QED) is 0.726. The summed E-state index contributed by atoms with van der Waals surface area (Å²) in [6, 6.07) is -0.565. The third kappa shape index (κ3) is 5.35. The van der Waals surface area contributed by atoms with Gasteiger partial charge in [-0.05, 0) is 41.0 Å². The molecule has 1 unspecified atom stereocenters. The zero-order chi connectivity index (χ0) is 23.1. The largest absolute Gasteiger partial charge is 0.444 e. The summed E-state index contributed by atoms with van der Waals surface area (Å²) in [6.07, 6.45) is 0.0413. The van der Waals surface area contributed by atoms with Gasteiger partial charge in [0.15, 0.2) is 5.15 Å². The molecule has 3 atom stereocenters. The van der Waals surface area contributed by atoms with E-state index in [9.17, 15) is 14.3 Å². The Labute approximate surface area is 185 Å². The Morgan fingerprint density at radius 3 is 2.65 bits per heavy atom. The highest BCUT2D eigenvalue weighted by Gasteiger charge is 2.34. The Balaban J connectivity index is 1.75. The predicted molar refractivity (Wildman–Crippen MR) is 115 cm³/mol. The number of nitrogens with zero attached hydrogens (tertiary/aromatic N) is 5. The molecular weight excluding hydrogens is 427 g/mol. The average molecular weight is 457 g/mol. The lowest BCUT2D eigenvalue weighted by molar-refractivity contribution is 0.0124. The summed E-state index contributed by atoms with van der Waals surface area (Å²) in [7, 11) is 0. The number of nitrogens with one attached hydrogen (secondary N) is 1. The number of piperidine rings is 1. The van der Waals surface area contributed by atoms with E-state index >= 15 is 0 Å². The number of amides is 1. The molecule has 31 heavy (non-hydrogen) atoms. The fourth-order valence-electron chi connectivity index (χ4n) is 3.26. The van der Waals surface area contributed by atoms with Crippen LogP contribution in [0.2, 0.25) is 5.15 Å². The van der Waals surface area contributed by atoms with Gasteiger partial charge in [0.2, 0.25) is 5.95 Å². The molecule has 1 aliphatic rings. The monoisotopic (exact) mass is 456 g/mol. The van der Waals surface area contributed by atoms with Crippen molar-refractivity contribution in [1.29, 1.82) is 0 Å². The second kappa shape index (κ2) is 8.38. The lowest BCUT2D eigenvalue weighted by Gasteiger charge is -2.35. The zero-order valence-corrected chi connectivity index (χ0v) is 19.4. The molecule has 0 saturated carbocycles. The van der Waals surface area contributed by atoms with Gasteiger partial charge in [0.05, 0.1) is 24.4 Å². The van der Waals surface area contributed by atoms with E-state index < -0.39 is 29.5 Å². The number of carbonyl (C=O) groups is 1. The van der Waals surface area contributed by atoms with Gasteiger partial charge in [-0.15, -0.1) is 5.10 Å². The van der Waals surface area contributed by atoms with Crippen molar-refractivity contribution in [2.75, 3.05) is 18.4 Å². The van der Waals surface area contributed by atoms with E-state index in [1.54, 1.807) is 34.6 Å². The highest BCUT2D eigenvalue weighted by Crippen LogP contribution is 2.30. The van der Waals surface area contributed by atoms with Crippen molar-refractivity contribution >= 4 is 29.2 Å². The Hall–Kier alpha value is -2.20. The van der Waals surface area contributed by atoms with Crippen LogP contribution in [-0.2, 0) is 4.74 Å². The molecule has 9 nitrogen and oxygen atoms in total. The number of imidazole rings is 1. The van der Waals surface area contributed by atoms with Crippen molar-refractivity contribution in [2.45, 2.75) is 77.3 Å². The summed E-state index contributed by atoms with van der Waals surface area (Å²) < 4.78 is 21.7. The van der Waals surface area contributed by atoms with Gasteiger partial charge < -0.3 is 20.1 Å². The molecule has 0 aliphatic carbocycles. The third-order valence-electron chi connectivity index (χ3n) is 5.33. The number of carbonyl (C=O) groups excluding carboxylic acids is 1. The number of halogens is 2. The van der Waals surface area contributed by atoms with Crippen LogP contribution in [0, 0.1) is 0 Å². The molecule has 3 heterocycles. The first-order chi connectivity index (χ1) is 14.3. The summed E-state index contributed by atoms with van der Waals surface area (Å²) in [4.78, 5) is 22.1. The molecule has 3 rings (SSSR count). The number of anilines is 1. The van der Waals surface area contributed by atoms with Crippen molar-refractivity contribution in [3.8, 4) is 0 Å². The number of rotatable bonds is 4. The standard InChI is InChI=1S/C20H30ClFN6O3/c1-11(20(5,6)30)16-25-15(21)14-9-23-17(26-28(14)16)24-13-7-8-27(10-12(13)22)18(29)31-19(2,3)4/h9,11-13,30H,7-8,10H2,1-6H3,(H,24,26)/t11?,12-,13-/m1/s1. The van der Waals surface area contributed by atoms with Crippen LogP contribution in [0.5, 0.6) is 0 Å². The van der Waals surface area contributed by atoms with E-state index in [1.807, 2.05) is 6.92 Å². The van der Waals surface area contributed by atoms with E-state index in [2.05, 4.69) is 20.4 Å². The first-order valence-electron chi connectivity index (χ1n) is 10.3. The zero-order valence-electron chi connectivity index (χ0n) is 18.7. The Morgan fingerprint density at radius 2 is 2.06 bits per heavy atom. The van der Waals surface area contributed by atoms with Gasteiger partial charge in [-0.1, -0.05) is 18.5 Å². The van der Waals surface area contributed by atoms with Crippen molar-refractivity contribution in [2.24, 2.45) is 0 Å². The van der Waals surface area contributed by atoms with Crippen LogP contribution in [0.15, 0.2) is 6.20 Å². The second-order valence-corrected chi connectivity index (χ2v) is 9.85. The summed E-state index contributed by atoms with van der Waals surface area (Å²) in [5.41, 5.74) is -1.18. The fraction of sp³-hybridized carbons (Fsp3) is 0.700. The number of fused-ring (bicyclic) bond motifs is 1. The van der Waals surface area contributed by atoms with E-state index in [1.165, 1.54) is 15.6 Å². The number of alkyl halides is 1. The minimum absolute atomic E-state index is 0.0767. The van der Waals surface area contributed by atoms with Gasteiger partial charge in [-0.2, -0.15) is 0 Å². The minimum atomic E-state index is -1.32. The molecule has 0 radical (unpaired) electrons. The summed E-state index contributed by atoms with van der Waals surface area (Å²) in [5, 5.41) is 18.0. The number of likely N-dealkylation sites (tertiary alicyclic amines) is 1. The smallest absolute Gasteiger partial charge is 0.410 e. The van der Waals surface area contributed by atoms with Crippen molar-refractivity contribution in [1.82, 2.24) is 24.5 Å². The average Bonchev–Trinajstić information content (AvgIpc) is 2.96. The second-order valence-electron chi connectivity index (χ2n) is 9.50. The minimum Gasteiger partial charge on any atom is -0.444 e. The molecule has 1 saturated heterocycles. The van der Waals surface area contributed by atoms with Crippen LogP contribution < -0.4 is 5.32 Å². The summed E-state index contributed by atoms with van der Waals surface area (Å²) in [6.45, 7) is 10.8. The van der Waals surface area contributed by atoms with Gasteiger partial charge in [0.1, 0.15) is 23.1 Å². The maximum atomic E-state index is 14.8. The molecule has 172 valence electrons. The number of ether oxygens (including phenoxy) is 1. The van der Waals surface area contributed by atoms with Crippen LogP contribution >= 0.6 is 11.6 Å². The van der Waals surface area contributed by atoms with E-state index in [0.29, 0.717) is 24.3 Å². The first-order valence-corrected chi connectivity index (χ1v) is 10.7. The Kier molecular flexibility index (Phi) is 6.35. The van der Waals surface area contributed by atoms with Gasteiger partial charge in [0.25, 0.3) is 0 Å². The van der Waals surface area contributed by atoms with Gasteiger partial charge in [0, 0.05) is 12.5 Å². The lowest BCUT2D eigenvalue weighted by Crippen LogP contribution is -2.51. The highest BCUT2D eigenvalue weighted by atomic mass is 35.5. The molecular formula is C20H30ClFN6O3. The molecule has 2 N–H and O–H groups in total. The molecule has 2 aromatic heterocycles. The topological polar surface area (TPSA) is 105 Å². The molecule has 0 bridgehead atoms. The van der Waals surface area contributed by atoms with E-state index in [4.69, 9.17) is 16.3 Å². The highest BCUT2D eigenvalue weighted by molar-refractivity contribution is 6.32. The fourth-order valence-corrected chi connectivity index (χ4v) is 3.48. The van der Waals surface area contributed by atoms with Crippen LogP contribution in [-0.4, -0.2) is 72.2 Å². The van der Waals surface area contributed by atoms with Gasteiger partial charge in [-0.3, -0.25) is 0 Å². The lowest BCUT2D eigenvalue weighted by atomic mass is 9.92. The van der Waals surface area contributed by atoms with Crippen LogP contribution in [0.3, 0.4) is 0 Å². The third-order valence-corrected chi connectivity index (χ3v) is 5.61. The molecule has 2 aromatic rings. The Bertz CT molecular complexity index is 955. The maximum absolute atomic E-state index is 14.8. The van der Waals surface area contributed by atoms with E-state index in [-0.39, 0.29) is 23.6 Å². The van der Waals surface area contributed by atoms with Gasteiger partial charge >= 0.3 is 6.09 Å². The molecule has 11 heteroatoms. The maximum Gasteiger partial charge on any atom is 0.410 e. The SMILES string of the molecule is CC(c1nc(Cl)c2cnc(N[C@@H]3CCN(C(=O)OC(C)(C)C)C[C@H]3F)nn12)C(C)(C)O. The van der Waals surface area contributed by atoms with Gasteiger partial charge in [-0.25, -0.2) is 23.7 Å². The first kappa shape index (κ1) is 23.5. The van der Waals surface area contributed by atoms with Crippen molar-refractivity contribution < 1.29 is 19.0 Å². The Morgan fingerprint density at radius 1 is 1.39 bits per heavy atom. The normalized spacial score (nSPS) is 21.3. The molecule has 1 fully saturated rings. The molecule has 1 aliphatic heterocycles. The molecule has 0 aromatic carbocycles. The number of aromatic nitrogens is 4. The summed E-state index contributed by atoms with van der Waals surface area (Å²) >= 11 is 6.21. The van der Waals surface area contributed by atoms with E-state index in [0.717, 1.165) is 0 Å². The number of hydrogen-bond acceptors (Lipinski definition) is 7. The summed E-state index contributed by atoms with van der Waals surface area (Å²) in [5.74, 6) is 0.333. The predicted octanol–water partition coefficient (Wildman–Crippen LogP) is 3.41. The van der Waals surface area contributed by atoms with Crippen LogP contribution in [0.4, 0.5) is 15.1 Å². The van der Waals surface area contributed by atoms with Crippen molar-refractivity contribution in [3.63, 3.8) is 0 Å². The number of hydrogen-bond donors (Lipinski definition) is 2. The van der Waals surface area contributed by atoms with Crippen LogP contribution in [0.1, 0.15) is 59.7 Å².